The Kier molecular flexibility index (Phi) is 3.64. The number of pyridine rings is 1. The molecule has 4 heteroatoms. The largest absolute Gasteiger partial charge is 0.468 e. The number of furan rings is 1. The minimum absolute atomic E-state index is 0.642. The van der Waals surface area contributed by atoms with E-state index in [-0.39, 0.29) is 0 Å². The van der Waals surface area contributed by atoms with Crippen molar-refractivity contribution in [2.45, 2.75) is 23.3 Å². The molecule has 2 heterocycles. The molecule has 16 heavy (non-hydrogen) atoms. The summed E-state index contributed by atoms with van der Waals surface area (Å²) >= 11 is 1.63. The van der Waals surface area contributed by atoms with Crippen LogP contribution >= 0.6 is 11.8 Å². The predicted molar refractivity (Wildman–Crippen MR) is 64.6 cm³/mol. The van der Waals surface area contributed by atoms with Crippen molar-refractivity contribution < 1.29 is 4.42 Å². The van der Waals surface area contributed by atoms with Gasteiger partial charge in [-0.15, -0.1) is 0 Å². The molecule has 84 valence electrons. The lowest BCUT2D eigenvalue weighted by atomic mass is 10.2. The number of hydrogen-bond donors (Lipinski definition) is 1. The van der Waals surface area contributed by atoms with Crippen molar-refractivity contribution in [1.29, 1.82) is 0 Å². The number of aromatic nitrogens is 1. The maximum Gasteiger partial charge on any atom is 0.114 e. The topological polar surface area (TPSA) is 52.0 Å². The Morgan fingerprint density at radius 3 is 3.00 bits per heavy atom. The minimum Gasteiger partial charge on any atom is -0.468 e. The second-order valence-corrected chi connectivity index (χ2v) is 4.48. The summed E-state index contributed by atoms with van der Waals surface area (Å²) < 4.78 is 5.26. The highest BCUT2D eigenvalue weighted by Gasteiger charge is 2.08. The third-order valence-electron chi connectivity index (χ3n) is 2.28. The van der Waals surface area contributed by atoms with E-state index < -0.39 is 0 Å². The van der Waals surface area contributed by atoms with Gasteiger partial charge in [0.1, 0.15) is 10.8 Å². The summed E-state index contributed by atoms with van der Waals surface area (Å²) in [6, 6.07) is 5.97. The highest BCUT2D eigenvalue weighted by Crippen LogP contribution is 2.31. The summed E-state index contributed by atoms with van der Waals surface area (Å²) in [5.41, 5.74) is 6.77. The molecule has 0 saturated heterocycles. The third-order valence-corrected chi connectivity index (χ3v) is 3.49. The Morgan fingerprint density at radius 2 is 2.31 bits per heavy atom. The molecule has 0 unspecified atom stereocenters. The molecule has 0 aliphatic heterocycles. The van der Waals surface area contributed by atoms with Gasteiger partial charge in [-0.1, -0.05) is 17.8 Å². The molecule has 2 aromatic rings. The van der Waals surface area contributed by atoms with Gasteiger partial charge in [-0.25, -0.2) is 4.98 Å². The van der Waals surface area contributed by atoms with Crippen molar-refractivity contribution in [1.82, 2.24) is 4.98 Å². The molecule has 0 bridgehead atoms. The quantitative estimate of drug-likeness (QED) is 0.883. The SMILES string of the molecule is Cc1occc1Sc1ncccc1CCN. The fourth-order valence-corrected chi connectivity index (χ4v) is 2.38. The Bertz CT molecular complexity index is 468. The van der Waals surface area contributed by atoms with Crippen LogP contribution in [0.25, 0.3) is 0 Å². The lowest BCUT2D eigenvalue weighted by Gasteiger charge is -2.05. The molecule has 0 aromatic carbocycles. The lowest BCUT2D eigenvalue weighted by Crippen LogP contribution is -2.04. The van der Waals surface area contributed by atoms with E-state index in [2.05, 4.69) is 11.1 Å². The standard InChI is InChI=1S/C12H14N2OS/c1-9-11(5-8-15-9)16-12-10(4-6-13)3-2-7-14-12/h2-3,5,7-8H,4,6,13H2,1H3. The fourth-order valence-electron chi connectivity index (χ4n) is 1.45. The van der Waals surface area contributed by atoms with Crippen molar-refractivity contribution in [2.75, 3.05) is 6.54 Å². The van der Waals surface area contributed by atoms with Crippen molar-refractivity contribution in [2.24, 2.45) is 5.73 Å². The van der Waals surface area contributed by atoms with E-state index in [4.69, 9.17) is 10.2 Å². The first-order valence-electron chi connectivity index (χ1n) is 5.17. The number of aryl methyl sites for hydroxylation is 1. The van der Waals surface area contributed by atoms with Gasteiger partial charge >= 0.3 is 0 Å². The smallest absolute Gasteiger partial charge is 0.114 e. The summed E-state index contributed by atoms with van der Waals surface area (Å²) in [5, 5.41) is 1.01. The molecule has 2 aromatic heterocycles. The molecule has 0 fully saturated rings. The van der Waals surface area contributed by atoms with E-state index in [1.807, 2.05) is 19.1 Å². The van der Waals surface area contributed by atoms with E-state index in [0.717, 1.165) is 22.1 Å². The van der Waals surface area contributed by atoms with E-state index in [1.54, 1.807) is 24.2 Å². The average Bonchev–Trinajstić information content (AvgIpc) is 2.68. The highest BCUT2D eigenvalue weighted by atomic mass is 32.2. The maximum atomic E-state index is 5.58. The highest BCUT2D eigenvalue weighted by molar-refractivity contribution is 7.99. The Labute approximate surface area is 99.1 Å². The van der Waals surface area contributed by atoms with E-state index in [1.165, 1.54) is 5.56 Å². The molecule has 0 spiro atoms. The molecular formula is C12H14N2OS. The van der Waals surface area contributed by atoms with Crippen molar-refractivity contribution in [3.8, 4) is 0 Å². The molecular weight excluding hydrogens is 220 g/mol. The van der Waals surface area contributed by atoms with E-state index >= 15 is 0 Å². The molecule has 2 rings (SSSR count). The van der Waals surface area contributed by atoms with Crippen LogP contribution in [0.4, 0.5) is 0 Å². The van der Waals surface area contributed by atoms with Gasteiger partial charge in [-0.05, 0) is 37.6 Å². The Morgan fingerprint density at radius 1 is 1.44 bits per heavy atom. The lowest BCUT2D eigenvalue weighted by molar-refractivity contribution is 0.527. The van der Waals surface area contributed by atoms with E-state index in [9.17, 15) is 0 Å². The second-order valence-electron chi connectivity index (χ2n) is 3.45. The number of nitrogens with two attached hydrogens (primary N) is 1. The first kappa shape index (κ1) is 11.2. The van der Waals surface area contributed by atoms with Crippen LogP contribution < -0.4 is 5.73 Å². The Hall–Kier alpha value is -1.26. The predicted octanol–water partition coefficient (Wildman–Crippen LogP) is 2.64. The summed E-state index contributed by atoms with van der Waals surface area (Å²) in [5.74, 6) is 0.925. The van der Waals surface area contributed by atoms with Crippen LogP contribution in [0.5, 0.6) is 0 Å². The van der Waals surface area contributed by atoms with Crippen LogP contribution in [-0.4, -0.2) is 11.5 Å². The minimum atomic E-state index is 0.642. The van der Waals surface area contributed by atoms with Crippen molar-refractivity contribution in [3.05, 3.63) is 42.0 Å². The van der Waals surface area contributed by atoms with Gasteiger partial charge in [0.15, 0.2) is 0 Å². The van der Waals surface area contributed by atoms with E-state index in [0.29, 0.717) is 6.54 Å². The van der Waals surface area contributed by atoms with Crippen LogP contribution in [0.15, 0.2) is 45.0 Å². The molecule has 2 N–H and O–H groups in total. The van der Waals surface area contributed by atoms with Gasteiger partial charge in [0.05, 0.1) is 11.2 Å². The van der Waals surface area contributed by atoms with Crippen LogP contribution in [0, 0.1) is 6.92 Å². The van der Waals surface area contributed by atoms with Crippen molar-refractivity contribution >= 4 is 11.8 Å². The van der Waals surface area contributed by atoms with Crippen LogP contribution in [-0.2, 0) is 6.42 Å². The van der Waals surface area contributed by atoms with Gasteiger partial charge in [0, 0.05) is 6.20 Å². The summed E-state index contributed by atoms with van der Waals surface area (Å²) in [4.78, 5) is 5.49. The van der Waals surface area contributed by atoms with Crippen molar-refractivity contribution in [3.63, 3.8) is 0 Å². The zero-order valence-electron chi connectivity index (χ0n) is 9.14. The molecule has 0 amide bonds. The first-order valence-corrected chi connectivity index (χ1v) is 5.99. The molecule has 0 saturated carbocycles. The average molecular weight is 234 g/mol. The molecule has 0 aliphatic carbocycles. The zero-order chi connectivity index (χ0) is 11.4. The molecule has 3 nitrogen and oxygen atoms in total. The van der Waals surface area contributed by atoms with Crippen LogP contribution in [0.1, 0.15) is 11.3 Å². The summed E-state index contributed by atoms with van der Waals surface area (Å²) in [7, 11) is 0. The molecule has 0 aliphatic rings. The number of hydrogen-bond acceptors (Lipinski definition) is 4. The Balaban J connectivity index is 2.24. The first-order chi connectivity index (χ1) is 7.81. The monoisotopic (exact) mass is 234 g/mol. The van der Waals surface area contributed by atoms with Crippen LogP contribution in [0.2, 0.25) is 0 Å². The summed E-state index contributed by atoms with van der Waals surface area (Å²) in [6.07, 6.45) is 4.36. The maximum absolute atomic E-state index is 5.58. The zero-order valence-corrected chi connectivity index (χ0v) is 9.96. The third kappa shape index (κ3) is 2.46. The van der Waals surface area contributed by atoms with Gasteiger partial charge < -0.3 is 10.2 Å². The molecule has 0 radical (unpaired) electrons. The molecule has 0 atom stereocenters. The van der Waals surface area contributed by atoms with Gasteiger partial charge in [-0.3, -0.25) is 0 Å². The normalized spacial score (nSPS) is 10.6. The second kappa shape index (κ2) is 5.18. The number of rotatable bonds is 4. The van der Waals surface area contributed by atoms with Crippen LogP contribution in [0.3, 0.4) is 0 Å². The van der Waals surface area contributed by atoms with Gasteiger partial charge in [-0.2, -0.15) is 0 Å². The number of nitrogens with zero attached hydrogens (tertiary/aromatic N) is 1. The fraction of sp³-hybridized carbons (Fsp3) is 0.250. The van der Waals surface area contributed by atoms with Gasteiger partial charge in [0.2, 0.25) is 0 Å². The van der Waals surface area contributed by atoms with Gasteiger partial charge in [0.25, 0.3) is 0 Å². The summed E-state index contributed by atoms with van der Waals surface area (Å²) in [6.45, 7) is 2.59.